The van der Waals surface area contributed by atoms with Gasteiger partial charge >= 0.3 is 0 Å². The molecule has 0 aliphatic carbocycles. The molecule has 0 unspecified atom stereocenters. The van der Waals surface area contributed by atoms with E-state index in [-0.39, 0.29) is 5.91 Å². The number of benzene rings is 2. The molecule has 4 aromatic rings. The van der Waals surface area contributed by atoms with E-state index in [4.69, 9.17) is 14.8 Å². The first-order valence-electron chi connectivity index (χ1n) is 11.7. The minimum absolute atomic E-state index is 0.251. The number of carbonyl (C=O) groups excluding carboxylic acids is 1. The van der Waals surface area contributed by atoms with E-state index in [0.29, 0.717) is 31.9 Å². The molecule has 0 radical (unpaired) electrons. The maximum absolute atomic E-state index is 12.2. The summed E-state index contributed by atoms with van der Waals surface area (Å²) in [7, 11) is 0. The molecule has 1 fully saturated rings. The second kappa shape index (κ2) is 10.6. The Balaban J connectivity index is 1.30. The van der Waals surface area contributed by atoms with E-state index in [1.165, 1.54) is 11.3 Å². The Labute approximate surface area is 203 Å². The highest BCUT2D eigenvalue weighted by molar-refractivity contribution is 7.13. The van der Waals surface area contributed by atoms with Gasteiger partial charge in [0.15, 0.2) is 10.8 Å². The van der Waals surface area contributed by atoms with Crippen molar-refractivity contribution in [3.63, 3.8) is 0 Å². The average Bonchev–Trinajstić information content (AvgIpc) is 3.55. The van der Waals surface area contributed by atoms with Crippen molar-refractivity contribution in [1.29, 1.82) is 0 Å². The van der Waals surface area contributed by atoms with Crippen molar-refractivity contribution in [2.24, 2.45) is 0 Å². The molecular formula is C26H27N5O2S. The fourth-order valence-electron chi connectivity index (χ4n) is 4.07. The lowest BCUT2D eigenvalue weighted by Crippen LogP contribution is -2.34. The SMILES string of the molecule is O=C1CCCCN1Cc1ccc(-c2nc(-c3nccs3)nn2CCCOc2ccccc2)cc1. The topological polar surface area (TPSA) is 73.1 Å². The Morgan fingerprint density at radius 3 is 2.65 bits per heavy atom. The molecule has 1 aliphatic heterocycles. The monoisotopic (exact) mass is 473 g/mol. The molecule has 8 heteroatoms. The molecule has 0 bridgehead atoms. The summed E-state index contributed by atoms with van der Waals surface area (Å²) in [6, 6.07) is 18.1. The number of ether oxygens (including phenoxy) is 1. The predicted octanol–water partition coefficient (Wildman–Crippen LogP) is 5.05. The van der Waals surface area contributed by atoms with Gasteiger partial charge in [-0.15, -0.1) is 16.4 Å². The lowest BCUT2D eigenvalue weighted by atomic mass is 10.1. The van der Waals surface area contributed by atoms with Crippen molar-refractivity contribution in [2.75, 3.05) is 13.2 Å². The highest BCUT2D eigenvalue weighted by atomic mass is 32.1. The maximum Gasteiger partial charge on any atom is 0.222 e. The van der Waals surface area contributed by atoms with Gasteiger partial charge in [0.1, 0.15) is 5.75 Å². The van der Waals surface area contributed by atoms with E-state index < -0.39 is 0 Å². The highest BCUT2D eigenvalue weighted by Crippen LogP contribution is 2.25. The van der Waals surface area contributed by atoms with Crippen molar-refractivity contribution in [2.45, 2.75) is 38.8 Å². The second-order valence-corrected chi connectivity index (χ2v) is 9.20. The van der Waals surface area contributed by atoms with E-state index >= 15 is 0 Å². The van der Waals surface area contributed by atoms with Crippen LogP contribution in [0.2, 0.25) is 0 Å². The van der Waals surface area contributed by atoms with Crippen LogP contribution in [0.5, 0.6) is 5.75 Å². The van der Waals surface area contributed by atoms with E-state index in [1.54, 1.807) is 6.20 Å². The number of amides is 1. The number of rotatable bonds is 9. The Hall–Kier alpha value is -3.52. The first-order valence-corrected chi connectivity index (χ1v) is 12.5. The number of nitrogens with zero attached hydrogens (tertiary/aromatic N) is 5. The van der Waals surface area contributed by atoms with Crippen LogP contribution in [-0.2, 0) is 17.9 Å². The van der Waals surface area contributed by atoms with Crippen LogP contribution in [0.4, 0.5) is 0 Å². The standard InChI is InChI=1S/C26H27N5O2S/c32-23-9-4-5-15-30(23)19-20-10-12-21(13-11-20)25-28-24(26-27-14-18-34-26)29-31(25)16-6-17-33-22-7-2-1-3-8-22/h1-3,7-8,10-14,18H,4-6,9,15-17,19H2. The molecule has 1 amide bonds. The molecule has 2 aromatic heterocycles. The number of carbonyl (C=O) groups is 1. The Bertz CT molecular complexity index is 1210. The van der Waals surface area contributed by atoms with Crippen molar-refractivity contribution >= 4 is 17.2 Å². The molecule has 5 rings (SSSR count). The van der Waals surface area contributed by atoms with Crippen molar-refractivity contribution in [3.8, 4) is 28.0 Å². The molecule has 3 heterocycles. The summed E-state index contributed by atoms with van der Waals surface area (Å²) >= 11 is 1.53. The third kappa shape index (κ3) is 5.34. The molecule has 0 saturated carbocycles. The van der Waals surface area contributed by atoms with Crippen LogP contribution < -0.4 is 4.74 Å². The summed E-state index contributed by atoms with van der Waals surface area (Å²) in [4.78, 5) is 23.3. The summed E-state index contributed by atoms with van der Waals surface area (Å²) in [5, 5.41) is 7.48. The van der Waals surface area contributed by atoms with Crippen LogP contribution in [0.3, 0.4) is 0 Å². The Morgan fingerprint density at radius 1 is 1.03 bits per heavy atom. The Kier molecular flexibility index (Phi) is 6.95. The van der Waals surface area contributed by atoms with E-state index in [1.807, 2.05) is 45.3 Å². The van der Waals surface area contributed by atoms with Gasteiger partial charge in [0.05, 0.1) is 6.61 Å². The molecular weight excluding hydrogens is 446 g/mol. The number of para-hydroxylation sites is 1. The van der Waals surface area contributed by atoms with Crippen molar-refractivity contribution in [3.05, 3.63) is 71.7 Å². The van der Waals surface area contributed by atoms with Gasteiger partial charge in [-0.05, 0) is 30.5 Å². The van der Waals surface area contributed by atoms with Gasteiger partial charge in [0, 0.05) is 49.6 Å². The number of aromatic nitrogens is 4. The Morgan fingerprint density at radius 2 is 1.88 bits per heavy atom. The number of thiazole rings is 1. The summed E-state index contributed by atoms with van der Waals surface area (Å²) in [5.74, 6) is 2.57. The molecule has 174 valence electrons. The quantitative estimate of drug-likeness (QED) is 0.318. The predicted molar refractivity (Wildman–Crippen MR) is 132 cm³/mol. The molecule has 0 spiro atoms. The van der Waals surface area contributed by atoms with Gasteiger partial charge in [0.25, 0.3) is 0 Å². The fraction of sp³-hybridized carbons (Fsp3) is 0.308. The first kappa shape index (κ1) is 22.3. The van der Waals surface area contributed by atoms with Crippen LogP contribution >= 0.6 is 11.3 Å². The third-order valence-corrected chi connectivity index (χ3v) is 6.60. The van der Waals surface area contributed by atoms with Gasteiger partial charge < -0.3 is 9.64 Å². The number of hydrogen-bond acceptors (Lipinski definition) is 6. The average molecular weight is 474 g/mol. The number of aryl methyl sites for hydroxylation is 1. The van der Waals surface area contributed by atoms with E-state index in [2.05, 4.69) is 29.2 Å². The van der Waals surface area contributed by atoms with Gasteiger partial charge in [-0.2, -0.15) is 0 Å². The molecule has 0 N–H and O–H groups in total. The minimum atomic E-state index is 0.251. The molecule has 2 aromatic carbocycles. The van der Waals surface area contributed by atoms with E-state index in [9.17, 15) is 4.79 Å². The summed E-state index contributed by atoms with van der Waals surface area (Å²) in [6.07, 6.45) is 5.32. The van der Waals surface area contributed by atoms with Crippen molar-refractivity contribution in [1.82, 2.24) is 24.6 Å². The number of piperidine rings is 1. The maximum atomic E-state index is 12.2. The van der Waals surface area contributed by atoms with Crippen LogP contribution in [0.25, 0.3) is 22.2 Å². The summed E-state index contributed by atoms with van der Waals surface area (Å²) in [5.41, 5.74) is 2.12. The lowest BCUT2D eigenvalue weighted by Gasteiger charge is -2.26. The normalized spacial score (nSPS) is 13.9. The summed E-state index contributed by atoms with van der Waals surface area (Å²) in [6.45, 7) is 2.79. The van der Waals surface area contributed by atoms with Gasteiger partial charge in [-0.3, -0.25) is 4.79 Å². The van der Waals surface area contributed by atoms with Crippen LogP contribution in [0.15, 0.2) is 66.2 Å². The second-order valence-electron chi connectivity index (χ2n) is 8.30. The van der Waals surface area contributed by atoms with Crippen LogP contribution in [0.1, 0.15) is 31.2 Å². The molecule has 1 saturated heterocycles. The lowest BCUT2D eigenvalue weighted by molar-refractivity contribution is -0.133. The molecule has 7 nitrogen and oxygen atoms in total. The first-order chi connectivity index (χ1) is 16.8. The fourth-order valence-corrected chi connectivity index (χ4v) is 4.63. The summed E-state index contributed by atoms with van der Waals surface area (Å²) < 4.78 is 7.78. The minimum Gasteiger partial charge on any atom is -0.494 e. The van der Waals surface area contributed by atoms with Crippen LogP contribution in [0, 0.1) is 0 Å². The molecule has 0 atom stereocenters. The number of likely N-dealkylation sites (tertiary alicyclic amines) is 1. The smallest absolute Gasteiger partial charge is 0.222 e. The molecule has 1 aliphatic rings. The van der Waals surface area contributed by atoms with Gasteiger partial charge in [-0.1, -0.05) is 42.5 Å². The molecule has 34 heavy (non-hydrogen) atoms. The third-order valence-electron chi connectivity index (χ3n) is 5.83. The van der Waals surface area contributed by atoms with E-state index in [0.717, 1.165) is 53.5 Å². The van der Waals surface area contributed by atoms with Gasteiger partial charge in [0.2, 0.25) is 11.7 Å². The van der Waals surface area contributed by atoms with Gasteiger partial charge in [-0.25, -0.2) is 14.6 Å². The number of hydrogen-bond donors (Lipinski definition) is 0. The zero-order valence-electron chi connectivity index (χ0n) is 19.0. The van der Waals surface area contributed by atoms with Crippen LogP contribution in [-0.4, -0.2) is 43.7 Å². The zero-order valence-corrected chi connectivity index (χ0v) is 19.8. The zero-order chi connectivity index (χ0) is 23.2. The highest BCUT2D eigenvalue weighted by Gasteiger charge is 2.19. The largest absolute Gasteiger partial charge is 0.494 e. The van der Waals surface area contributed by atoms with Crippen molar-refractivity contribution < 1.29 is 9.53 Å².